The minimum Gasteiger partial charge on any atom is -0.493 e. The van der Waals surface area contributed by atoms with E-state index in [0.717, 1.165) is 41.9 Å². The van der Waals surface area contributed by atoms with Crippen LogP contribution in [0.25, 0.3) is 0 Å². The summed E-state index contributed by atoms with van der Waals surface area (Å²) in [5.74, 6) is 2.05. The molecule has 2 saturated heterocycles. The number of likely N-dealkylation sites (tertiary alicyclic amines) is 1. The number of benzene rings is 2. The van der Waals surface area contributed by atoms with E-state index in [4.69, 9.17) is 21.1 Å². The van der Waals surface area contributed by atoms with Crippen molar-refractivity contribution in [3.05, 3.63) is 56.6 Å². The van der Waals surface area contributed by atoms with E-state index in [1.54, 1.807) is 17.0 Å². The van der Waals surface area contributed by atoms with Crippen LogP contribution < -0.4 is 14.8 Å². The van der Waals surface area contributed by atoms with Crippen molar-refractivity contribution in [2.24, 2.45) is 5.92 Å². The number of carbonyl (C=O) groups is 1. The van der Waals surface area contributed by atoms with Gasteiger partial charge in [0.05, 0.1) is 11.6 Å². The highest BCUT2D eigenvalue weighted by atomic mass is 127. The number of nitrogens with zero attached hydrogens (tertiary/aromatic N) is 1. The van der Waals surface area contributed by atoms with E-state index in [0.29, 0.717) is 48.2 Å². The van der Waals surface area contributed by atoms with E-state index < -0.39 is 5.60 Å². The molecule has 2 aromatic rings. The molecule has 0 aromatic heterocycles. The molecular weight excluding hydrogens is 555 g/mol. The zero-order chi connectivity index (χ0) is 23.3. The predicted octanol–water partition coefficient (Wildman–Crippen LogP) is 4.37. The lowest BCUT2D eigenvalue weighted by molar-refractivity contribution is -0.0475. The Bertz CT molecular complexity index is 942. The molecule has 0 radical (unpaired) electrons. The molecule has 8 heteroatoms. The Kier molecular flexibility index (Phi) is 8.38. The number of halogens is 2. The number of piperidine rings is 2. The summed E-state index contributed by atoms with van der Waals surface area (Å²) in [6.07, 6.45) is 3.23. The van der Waals surface area contributed by atoms with Gasteiger partial charge in [0.1, 0.15) is 23.7 Å². The van der Waals surface area contributed by atoms with Crippen molar-refractivity contribution < 1.29 is 19.4 Å². The molecular formula is C25H30ClIN2O4. The van der Waals surface area contributed by atoms with Crippen LogP contribution in [-0.4, -0.2) is 60.9 Å². The number of ether oxygens (including phenoxy) is 2. The van der Waals surface area contributed by atoms with Gasteiger partial charge in [-0.05, 0) is 110 Å². The van der Waals surface area contributed by atoms with Crippen LogP contribution in [0.1, 0.15) is 36.0 Å². The van der Waals surface area contributed by atoms with Gasteiger partial charge in [-0.2, -0.15) is 0 Å². The Morgan fingerprint density at radius 2 is 1.76 bits per heavy atom. The van der Waals surface area contributed by atoms with Gasteiger partial charge in [-0.15, -0.1) is 0 Å². The largest absolute Gasteiger partial charge is 0.493 e. The summed E-state index contributed by atoms with van der Waals surface area (Å²) in [7, 11) is 0. The zero-order valence-electron chi connectivity index (χ0n) is 18.6. The van der Waals surface area contributed by atoms with Gasteiger partial charge in [0.15, 0.2) is 0 Å². The number of aliphatic hydroxyl groups is 1. The number of nitrogens with one attached hydrogen (secondary N) is 1. The predicted molar refractivity (Wildman–Crippen MR) is 137 cm³/mol. The molecule has 2 heterocycles. The highest BCUT2D eigenvalue weighted by Gasteiger charge is 2.35. The van der Waals surface area contributed by atoms with E-state index in [1.165, 1.54) is 0 Å². The fourth-order valence-electron chi connectivity index (χ4n) is 4.19. The third-order valence-electron chi connectivity index (χ3n) is 6.43. The second-order valence-corrected chi connectivity index (χ2v) is 10.5. The highest BCUT2D eigenvalue weighted by molar-refractivity contribution is 14.1. The van der Waals surface area contributed by atoms with Crippen molar-refractivity contribution in [2.75, 3.05) is 39.4 Å². The van der Waals surface area contributed by atoms with E-state index in [2.05, 4.69) is 27.9 Å². The molecule has 0 spiro atoms. The first-order chi connectivity index (χ1) is 15.9. The summed E-state index contributed by atoms with van der Waals surface area (Å²) in [6.45, 7) is 4.00. The molecule has 6 nitrogen and oxygen atoms in total. The van der Waals surface area contributed by atoms with Crippen molar-refractivity contribution in [3.63, 3.8) is 0 Å². The summed E-state index contributed by atoms with van der Waals surface area (Å²) < 4.78 is 12.6. The van der Waals surface area contributed by atoms with Gasteiger partial charge in [0, 0.05) is 22.2 Å². The summed E-state index contributed by atoms with van der Waals surface area (Å²) in [5.41, 5.74) is -0.310. The van der Waals surface area contributed by atoms with Crippen molar-refractivity contribution in [3.8, 4) is 11.5 Å². The third kappa shape index (κ3) is 6.74. The molecule has 0 saturated carbocycles. The van der Waals surface area contributed by atoms with E-state index in [-0.39, 0.29) is 12.5 Å². The van der Waals surface area contributed by atoms with Crippen molar-refractivity contribution in [1.82, 2.24) is 10.2 Å². The summed E-state index contributed by atoms with van der Waals surface area (Å²) in [4.78, 5) is 14.7. The van der Waals surface area contributed by atoms with Crippen LogP contribution in [0.2, 0.25) is 5.02 Å². The topological polar surface area (TPSA) is 71.0 Å². The highest BCUT2D eigenvalue weighted by Crippen LogP contribution is 2.28. The number of hydrogen-bond acceptors (Lipinski definition) is 5. The van der Waals surface area contributed by atoms with Crippen molar-refractivity contribution in [2.45, 2.75) is 31.3 Å². The van der Waals surface area contributed by atoms with Gasteiger partial charge < -0.3 is 24.8 Å². The summed E-state index contributed by atoms with van der Waals surface area (Å²) in [6, 6.07) is 12.8. The lowest BCUT2D eigenvalue weighted by atomic mass is 9.92. The first-order valence-electron chi connectivity index (χ1n) is 11.4. The van der Waals surface area contributed by atoms with Gasteiger partial charge in [0.25, 0.3) is 5.91 Å². The zero-order valence-corrected chi connectivity index (χ0v) is 21.5. The first kappa shape index (κ1) is 24.6. The van der Waals surface area contributed by atoms with Gasteiger partial charge in [-0.3, -0.25) is 4.79 Å². The molecule has 0 aliphatic carbocycles. The summed E-state index contributed by atoms with van der Waals surface area (Å²) in [5, 5.41) is 15.0. The SMILES string of the molecule is O=C(c1ccc(OCC2CCNCC2)cc1)N1CCC(O)(COc2ccc(Cl)c(I)c2)CC1. The standard InChI is InChI=1S/C25H30ClIN2O4/c26-22-6-5-21(15-23(22)27)33-17-25(31)9-13-29(14-10-25)24(30)19-1-3-20(4-2-19)32-16-18-7-11-28-12-8-18/h1-6,15,18,28,31H,7-14,16-17H2. The molecule has 2 N–H and O–H groups in total. The smallest absolute Gasteiger partial charge is 0.253 e. The Morgan fingerprint density at radius 1 is 1.09 bits per heavy atom. The number of carbonyl (C=O) groups excluding carboxylic acids is 1. The molecule has 4 rings (SSSR count). The molecule has 1 amide bonds. The van der Waals surface area contributed by atoms with Crippen LogP contribution >= 0.6 is 34.2 Å². The maximum atomic E-state index is 12.9. The number of rotatable bonds is 7. The van der Waals surface area contributed by atoms with Crippen LogP contribution in [-0.2, 0) is 0 Å². The van der Waals surface area contributed by atoms with Gasteiger partial charge in [-0.1, -0.05) is 11.6 Å². The average molecular weight is 585 g/mol. The maximum Gasteiger partial charge on any atom is 0.253 e. The molecule has 33 heavy (non-hydrogen) atoms. The first-order valence-corrected chi connectivity index (χ1v) is 12.9. The Hall–Kier alpha value is -1.55. The third-order valence-corrected chi connectivity index (χ3v) is 7.97. The molecule has 2 aliphatic rings. The lowest BCUT2D eigenvalue weighted by Gasteiger charge is -2.38. The molecule has 2 aliphatic heterocycles. The minimum atomic E-state index is -0.950. The van der Waals surface area contributed by atoms with Gasteiger partial charge in [-0.25, -0.2) is 0 Å². The normalized spacial score (nSPS) is 18.7. The summed E-state index contributed by atoms with van der Waals surface area (Å²) >= 11 is 8.20. The molecule has 178 valence electrons. The van der Waals surface area contributed by atoms with Crippen LogP contribution in [0.3, 0.4) is 0 Å². The van der Waals surface area contributed by atoms with Crippen molar-refractivity contribution in [1.29, 1.82) is 0 Å². The van der Waals surface area contributed by atoms with Crippen molar-refractivity contribution >= 4 is 40.1 Å². The van der Waals surface area contributed by atoms with E-state index >= 15 is 0 Å². The molecule has 2 aromatic carbocycles. The van der Waals surface area contributed by atoms with E-state index in [9.17, 15) is 9.90 Å². The Balaban J connectivity index is 1.24. The number of hydrogen-bond donors (Lipinski definition) is 2. The molecule has 0 unspecified atom stereocenters. The molecule has 0 atom stereocenters. The van der Waals surface area contributed by atoms with E-state index in [1.807, 2.05) is 30.3 Å². The van der Waals surface area contributed by atoms with Gasteiger partial charge >= 0.3 is 0 Å². The van der Waals surface area contributed by atoms with Crippen LogP contribution in [0.15, 0.2) is 42.5 Å². The Labute approximate surface area is 213 Å². The lowest BCUT2D eigenvalue weighted by Crippen LogP contribution is -2.49. The number of amides is 1. The van der Waals surface area contributed by atoms with Gasteiger partial charge in [0.2, 0.25) is 0 Å². The minimum absolute atomic E-state index is 0.0184. The molecule has 0 bridgehead atoms. The average Bonchev–Trinajstić information content (AvgIpc) is 2.85. The van der Waals surface area contributed by atoms with Crippen LogP contribution in [0.5, 0.6) is 11.5 Å². The second kappa shape index (κ2) is 11.3. The maximum absolute atomic E-state index is 12.9. The fraction of sp³-hybridized carbons (Fsp3) is 0.480. The molecule has 2 fully saturated rings. The monoisotopic (exact) mass is 584 g/mol. The van der Waals surface area contributed by atoms with Crippen LogP contribution in [0, 0.1) is 9.49 Å². The second-order valence-electron chi connectivity index (χ2n) is 8.91. The quantitative estimate of drug-likeness (QED) is 0.473. The fourth-order valence-corrected chi connectivity index (χ4v) is 4.80. The Morgan fingerprint density at radius 3 is 2.42 bits per heavy atom. The van der Waals surface area contributed by atoms with Crippen LogP contribution in [0.4, 0.5) is 0 Å².